The number of benzene rings is 2. The van der Waals surface area contributed by atoms with Crippen LogP contribution < -0.4 is 21.1 Å². The predicted octanol–water partition coefficient (Wildman–Crippen LogP) is 2.85. The molecule has 0 saturated carbocycles. The number of H-pyrrole nitrogens is 1. The van der Waals surface area contributed by atoms with Crippen molar-refractivity contribution in [2.24, 2.45) is 5.41 Å². The van der Waals surface area contributed by atoms with Crippen LogP contribution in [0.25, 0.3) is 10.8 Å². The second kappa shape index (κ2) is 12.3. The summed E-state index contributed by atoms with van der Waals surface area (Å²) in [5, 5.41) is 26.3. The molecular formula is C28H36N3O9PS. The Labute approximate surface area is 247 Å². The first kappa shape index (κ1) is 31.9. The maximum atomic E-state index is 12.3. The van der Waals surface area contributed by atoms with E-state index in [4.69, 9.17) is 30.5 Å². The van der Waals surface area contributed by atoms with E-state index in [9.17, 15) is 24.7 Å². The van der Waals surface area contributed by atoms with Gasteiger partial charge in [0.2, 0.25) is 0 Å². The lowest BCUT2D eigenvalue weighted by Crippen LogP contribution is -2.46. The number of aliphatic hydroxyl groups excluding tert-OH is 1. The van der Waals surface area contributed by atoms with Crippen molar-refractivity contribution in [1.82, 2.24) is 14.6 Å². The highest BCUT2D eigenvalue weighted by molar-refractivity contribution is 8.08. The highest BCUT2D eigenvalue weighted by Gasteiger charge is 2.53. The molecule has 14 heteroatoms. The zero-order valence-corrected chi connectivity index (χ0v) is 25.6. The zero-order valence-electron chi connectivity index (χ0n) is 23.9. The van der Waals surface area contributed by atoms with E-state index in [0.717, 1.165) is 27.6 Å². The van der Waals surface area contributed by atoms with Crippen LogP contribution in [0, 0.1) is 5.41 Å². The van der Waals surface area contributed by atoms with Gasteiger partial charge >= 0.3 is 11.6 Å². The minimum absolute atomic E-state index is 0.0887. The smallest absolute Gasteiger partial charge is 0.330 e. The standard InChI is InChI=1S/C28H36N3O9PS/c1-17(24(37-16-27(2,3)4)39-20-12-8-10-18-9-6-7-11-19(18)20)30-41(36,42)38-15-21-23(33)28(5,35)25(40-21)31-14-13-22(32)29-26(31)34/h6-14,21,23,25,33,35H,15-16H2,1-5H3,(H,29,32,34)(H2,30,36,42)/t21-,23-,25-,28-,41?/m1/s1. The lowest BCUT2D eigenvalue weighted by atomic mass is 9.96. The van der Waals surface area contributed by atoms with Crippen LogP contribution in [0.5, 0.6) is 5.75 Å². The van der Waals surface area contributed by atoms with Gasteiger partial charge in [-0.25, -0.2) is 4.79 Å². The molecule has 5 N–H and O–H groups in total. The molecule has 0 amide bonds. The van der Waals surface area contributed by atoms with Gasteiger partial charge in [0.05, 0.1) is 18.9 Å². The summed E-state index contributed by atoms with van der Waals surface area (Å²) in [6.07, 6.45) is -2.89. The maximum Gasteiger partial charge on any atom is 0.330 e. The number of rotatable bonds is 10. The van der Waals surface area contributed by atoms with Gasteiger partial charge in [-0.05, 0) is 42.5 Å². The van der Waals surface area contributed by atoms with E-state index in [1.807, 2.05) is 57.2 Å². The quantitative estimate of drug-likeness (QED) is 0.167. The largest absolute Gasteiger partial charge is 0.463 e. The van der Waals surface area contributed by atoms with Crippen molar-refractivity contribution in [2.75, 3.05) is 13.2 Å². The average molecular weight is 622 g/mol. The monoisotopic (exact) mass is 621 g/mol. The Hall–Kier alpha value is -3.03. The van der Waals surface area contributed by atoms with Gasteiger partial charge in [-0.1, -0.05) is 57.2 Å². The molecule has 2 aromatic carbocycles. The molecule has 1 aliphatic rings. The molecule has 4 rings (SSSR count). The fourth-order valence-electron chi connectivity index (χ4n) is 4.33. The van der Waals surface area contributed by atoms with Crippen LogP contribution in [-0.4, -0.2) is 55.7 Å². The SMILES string of the molecule is CC(NP(O)(=S)OC[C@H]1O[C@@H](n2ccc(=O)[nH]c2=O)[C@](C)(O)[C@@H]1O)=C(OCC(C)(C)C)Oc1cccc2ccccc12. The predicted molar refractivity (Wildman–Crippen MR) is 160 cm³/mol. The van der Waals surface area contributed by atoms with Gasteiger partial charge in [-0.3, -0.25) is 14.3 Å². The molecule has 3 aromatic rings. The number of nitrogens with one attached hydrogen (secondary N) is 2. The second-order valence-electron chi connectivity index (χ2n) is 11.5. The fraction of sp³-hybridized carbons (Fsp3) is 0.429. The summed E-state index contributed by atoms with van der Waals surface area (Å²) in [5.74, 6) is 0.629. The normalized spacial score (nSPS) is 24.6. The van der Waals surface area contributed by atoms with Gasteiger partial charge in [-0.15, -0.1) is 0 Å². The number of aromatic amines is 1. The summed E-state index contributed by atoms with van der Waals surface area (Å²) in [7, 11) is 0. The Bertz CT molecular complexity index is 1620. The first-order chi connectivity index (χ1) is 19.6. The highest BCUT2D eigenvalue weighted by Crippen LogP contribution is 2.43. The number of hydrogen-bond acceptors (Lipinski definition) is 9. The van der Waals surface area contributed by atoms with Gasteiger partial charge in [0, 0.05) is 17.6 Å². The van der Waals surface area contributed by atoms with Crippen molar-refractivity contribution in [2.45, 2.75) is 58.7 Å². The Morgan fingerprint density at radius 2 is 1.88 bits per heavy atom. The molecule has 1 saturated heterocycles. The number of aliphatic hydroxyl groups is 2. The molecular weight excluding hydrogens is 585 g/mol. The number of fused-ring (bicyclic) bond motifs is 1. The topological polar surface area (TPSA) is 164 Å². The summed E-state index contributed by atoms with van der Waals surface area (Å²) in [4.78, 5) is 36.8. The van der Waals surface area contributed by atoms with Gasteiger partial charge < -0.3 is 38.9 Å². The van der Waals surface area contributed by atoms with Crippen LogP contribution >= 0.6 is 6.64 Å². The summed E-state index contributed by atoms with van der Waals surface area (Å²) >= 11 is 5.32. The third-order valence-corrected chi connectivity index (χ3v) is 8.18. The molecule has 5 atom stereocenters. The average Bonchev–Trinajstić information content (AvgIpc) is 3.12. The summed E-state index contributed by atoms with van der Waals surface area (Å²) in [5.41, 5.74) is -3.32. The molecule has 0 bridgehead atoms. The third kappa shape index (κ3) is 7.48. The molecule has 0 spiro atoms. The Kier molecular flexibility index (Phi) is 9.34. The van der Waals surface area contributed by atoms with Crippen molar-refractivity contribution >= 4 is 29.2 Å². The number of hydrogen-bond donors (Lipinski definition) is 5. The van der Waals surface area contributed by atoms with Crippen LogP contribution in [0.2, 0.25) is 0 Å². The van der Waals surface area contributed by atoms with Crippen LogP contribution in [-0.2, 0) is 25.8 Å². The van der Waals surface area contributed by atoms with E-state index in [1.54, 1.807) is 13.0 Å². The summed E-state index contributed by atoms with van der Waals surface area (Å²) < 4.78 is 24.5. The number of allylic oxidation sites excluding steroid dienone is 1. The number of aromatic nitrogens is 2. The molecule has 228 valence electrons. The molecule has 1 fully saturated rings. The lowest BCUT2D eigenvalue weighted by Gasteiger charge is -2.27. The molecule has 2 heterocycles. The summed E-state index contributed by atoms with van der Waals surface area (Å²) in [6, 6.07) is 14.4. The van der Waals surface area contributed by atoms with Crippen molar-refractivity contribution in [1.29, 1.82) is 0 Å². The van der Waals surface area contributed by atoms with Crippen LogP contribution in [0.3, 0.4) is 0 Å². The zero-order chi connectivity index (χ0) is 30.9. The molecule has 0 aliphatic carbocycles. The first-order valence-corrected chi connectivity index (χ1v) is 15.9. The molecule has 42 heavy (non-hydrogen) atoms. The van der Waals surface area contributed by atoms with Crippen LogP contribution in [0.4, 0.5) is 0 Å². The van der Waals surface area contributed by atoms with E-state index in [-0.39, 0.29) is 17.1 Å². The third-order valence-electron chi connectivity index (χ3n) is 6.48. The van der Waals surface area contributed by atoms with E-state index in [1.165, 1.54) is 6.92 Å². The molecule has 1 aliphatic heterocycles. The number of nitrogens with zero attached hydrogens (tertiary/aromatic N) is 1. The highest BCUT2D eigenvalue weighted by atomic mass is 32.5. The van der Waals surface area contributed by atoms with E-state index < -0.39 is 48.5 Å². The van der Waals surface area contributed by atoms with Crippen molar-refractivity contribution in [3.8, 4) is 5.75 Å². The minimum Gasteiger partial charge on any atom is -0.463 e. The lowest BCUT2D eigenvalue weighted by molar-refractivity contribution is -0.0984. The number of ether oxygens (including phenoxy) is 3. The van der Waals surface area contributed by atoms with E-state index >= 15 is 0 Å². The molecule has 1 aromatic heterocycles. The van der Waals surface area contributed by atoms with Crippen molar-refractivity contribution in [3.63, 3.8) is 0 Å². The second-order valence-corrected chi connectivity index (χ2v) is 14.5. The van der Waals surface area contributed by atoms with Gasteiger partial charge in [0.1, 0.15) is 23.6 Å². The van der Waals surface area contributed by atoms with Crippen molar-refractivity contribution in [3.05, 3.63) is 87.2 Å². The van der Waals surface area contributed by atoms with Gasteiger partial charge in [-0.2, -0.15) is 0 Å². The minimum atomic E-state index is -3.77. The fourth-order valence-corrected chi connectivity index (χ4v) is 5.86. The Balaban J connectivity index is 1.51. The van der Waals surface area contributed by atoms with Gasteiger partial charge in [0.25, 0.3) is 12.2 Å². The Morgan fingerprint density at radius 1 is 1.19 bits per heavy atom. The van der Waals surface area contributed by atoms with E-state index in [2.05, 4.69) is 10.1 Å². The van der Waals surface area contributed by atoms with E-state index in [0.29, 0.717) is 12.4 Å². The van der Waals surface area contributed by atoms with Crippen LogP contribution in [0.15, 0.2) is 76.0 Å². The Morgan fingerprint density at radius 3 is 2.57 bits per heavy atom. The van der Waals surface area contributed by atoms with Crippen LogP contribution in [0.1, 0.15) is 40.8 Å². The molecule has 12 nitrogen and oxygen atoms in total. The summed E-state index contributed by atoms with van der Waals surface area (Å²) in [6.45, 7) is 5.00. The molecule has 1 unspecified atom stereocenters. The first-order valence-electron chi connectivity index (χ1n) is 13.2. The molecule has 0 radical (unpaired) electrons. The maximum absolute atomic E-state index is 12.3. The van der Waals surface area contributed by atoms with Crippen molar-refractivity contribution < 1.29 is 33.8 Å². The van der Waals surface area contributed by atoms with Gasteiger partial charge in [0.15, 0.2) is 6.23 Å².